The summed E-state index contributed by atoms with van der Waals surface area (Å²) in [6.45, 7) is 2.35. The highest BCUT2D eigenvalue weighted by molar-refractivity contribution is 5.34. The van der Waals surface area contributed by atoms with Gasteiger partial charge in [-0.1, -0.05) is 0 Å². The number of rotatable bonds is 3. The van der Waals surface area contributed by atoms with Gasteiger partial charge in [-0.3, -0.25) is 0 Å². The van der Waals surface area contributed by atoms with Crippen LogP contribution >= 0.6 is 0 Å². The molecule has 0 unspecified atom stereocenters. The lowest BCUT2D eigenvalue weighted by Crippen LogP contribution is -2.11. The predicted molar refractivity (Wildman–Crippen MR) is 55.6 cm³/mol. The Morgan fingerprint density at radius 3 is 2.80 bits per heavy atom. The van der Waals surface area contributed by atoms with Gasteiger partial charge >= 0.3 is 0 Å². The van der Waals surface area contributed by atoms with Crippen LogP contribution in [0.3, 0.4) is 0 Å². The quantitative estimate of drug-likeness (QED) is 0.754. The van der Waals surface area contributed by atoms with Gasteiger partial charge in [-0.2, -0.15) is 5.26 Å². The van der Waals surface area contributed by atoms with Crippen LogP contribution in [0.4, 0.5) is 0 Å². The molecule has 0 aromatic heterocycles. The standard InChI is InChI=1S/C12H13NO2/c13-7-10-1-3-12(4-2-10)15-9-11-5-6-14-8-11/h1-4,11H,5-6,8-9H2/t11-/m0/s1. The van der Waals surface area contributed by atoms with Gasteiger partial charge in [0.05, 0.1) is 24.8 Å². The van der Waals surface area contributed by atoms with Crippen LogP contribution in [0.1, 0.15) is 12.0 Å². The lowest BCUT2D eigenvalue weighted by Gasteiger charge is -2.09. The summed E-state index contributed by atoms with van der Waals surface area (Å²) in [7, 11) is 0. The Kier molecular flexibility index (Phi) is 3.21. The molecule has 3 nitrogen and oxygen atoms in total. The van der Waals surface area contributed by atoms with Gasteiger partial charge in [0.1, 0.15) is 5.75 Å². The molecule has 2 rings (SSSR count). The molecule has 0 N–H and O–H groups in total. The first-order valence-corrected chi connectivity index (χ1v) is 5.09. The minimum absolute atomic E-state index is 0.514. The van der Waals surface area contributed by atoms with Crippen molar-refractivity contribution >= 4 is 0 Å². The SMILES string of the molecule is N#Cc1ccc(OC[C@H]2CCOC2)cc1. The molecule has 1 aliphatic heterocycles. The van der Waals surface area contributed by atoms with Gasteiger partial charge in [0.2, 0.25) is 0 Å². The van der Waals surface area contributed by atoms with Gasteiger partial charge < -0.3 is 9.47 Å². The Bertz CT molecular complexity index is 347. The minimum Gasteiger partial charge on any atom is -0.493 e. The van der Waals surface area contributed by atoms with Gasteiger partial charge in [-0.05, 0) is 30.7 Å². The van der Waals surface area contributed by atoms with E-state index in [1.165, 1.54) is 0 Å². The van der Waals surface area contributed by atoms with E-state index < -0.39 is 0 Å². The van der Waals surface area contributed by atoms with Gasteiger partial charge in [-0.25, -0.2) is 0 Å². The van der Waals surface area contributed by atoms with Crippen LogP contribution in [-0.4, -0.2) is 19.8 Å². The van der Waals surface area contributed by atoms with E-state index in [-0.39, 0.29) is 0 Å². The van der Waals surface area contributed by atoms with Crippen molar-refractivity contribution in [2.75, 3.05) is 19.8 Å². The minimum atomic E-state index is 0.514. The molecule has 1 aliphatic rings. The molecular formula is C12H13NO2. The summed E-state index contributed by atoms with van der Waals surface area (Å²) in [6, 6.07) is 9.26. The molecular weight excluding hydrogens is 190 g/mol. The largest absolute Gasteiger partial charge is 0.493 e. The topological polar surface area (TPSA) is 42.2 Å². The Balaban J connectivity index is 1.85. The summed E-state index contributed by atoms with van der Waals surface area (Å²) >= 11 is 0. The molecule has 1 aromatic carbocycles. The Morgan fingerprint density at radius 1 is 1.40 bits per heavy atom. The van der Waals surface area contributed by atoms with Crippen molar-refractivity contribution in [3.63, 3.8) is 0 Å². The number of hydrogen-bond acceptors (Lipinski definition) is 3. The molecule has 0 aliphatic carbocycles. The highest BCUT2D eigenvalue weighted by Crippen LogP contribution is 2.16. The molecule has 1 saturated heterocycles. The molecule has 0 amide bonds. The maximum Gasteiger partial charge on any atom is 0.119 e. The van der Waals surface area contributed by atoms with Gasteiger partial charge in [0, 0.05) is 12.5 Å². The number of hydrogen-bond donors (Lipinski definition) is 0. The summed E-state index contributed by atoms with van der Waals surface area (Å²) in [5, 5.41) is 8.62. The van der Waals surface area contributed by atoms with Crippen LogP contribution in [0.5, 0.6) is 5.75 Å². The third kappa shape index (κ3) is 2.71. The van der Waals surface area contributed by atoms with Crippen LogP contribution in [0.25, 0.3) is 0 Å². The fourth-order valence-corrected chi connectivity index (χ4v) is 1.55. The van der Waals surface area contributed by atoms with Crippen molar-refractivity contribution in [1.29, 1.82) is 5.26 Å². The average molecular weight is 203 g/mol. The molecule has 1 heterocycles. The van der Waals surface area contributed by atoms with Crippen LogP contribution in [-0.2, 0) is 4.74 Å². The lowest BCUT2D eigenvalue weighted by molar-refractivity contribution is 0.167. The van der Waals surface area contributed by atoms with E-state index in [1.807, 2.05) is 12.1 Å². The fourth-order valence-electron chi connectivity index (χ4n) is 1.55. The molecule has 78 valence electrons. The van der Waals surface area contributed by atoms with E-state index in [4.69, 9.17) is 14.7 Å². The highest BCUT2D eigenvalue weighted by Gasteiger charge is 2.15. The zero-order chi connectivity index (χ0) is 10.5. The smallest absolute Gasteiger partial charge is 0.119 e. The maximum absolute atomic E-state index is 8.62. The summed E-state index contributed by atoms with van der Waals surface area (Å²) in [6.07, 6.45) is 1.08. The highest BCUT2D eigenvalue weighted by atomic mass is 16.5. The normalized spacial score (nSPS) is 19.8. The number of ether oxygens (including phenoxy) is 2. The third-order valence-electron chi connectivity index (χ3n) is 2.49. The van der Waals surface area contributed by atoms with Crippen molar-refractivity contribution in [3.8, 4) is 11.8 Å². The molecule has 15 heavy (non-hydrogen) atoms. The van der Waals surface area contributed by atoms with Gasteiger partial charge in [0.25, 0.3) is 0 Å². The van der Waals surface area contributed by atoms with E-state index in [0.717, 1.165) is 25.4 Å². The molecule has 1 fully saturated rings. The molecule has 3 heteroatoms. The second-order valence-electron chi connectivity index (χ2n) is 3.68. The fraction of sp³-hybridized carbons (Fsp3) is 0.417. The predicted octanol–water partition coefficient (Wildman–Crippen LogP) is 1.97. The Labute approximate surface area is 89.2 Å². The molecule has 0 spiro atoms. The summed E-state index contributed by atoms with van der Waals surface area (Å²) in [5.74, 6) is 1.33. The third-order valence-corrected chi connectivity index (χ3v) is 2.49. The van der Waals surface area contributed by atoms with Crippen molar-refractivity contribution in [3.05, 3.63) is 29.8 Å². The van der Waals surface area contributed by atoms with Crippen LogP contribution in [0, 0.1) is 17.2 Å². The second-order valence-corrected chi connectivity index (χ2v) is 3.68. The molecule has 0 radical (unpaired) electrons. The molecule has 0 saturated carbocycles. The van der Waals surface area contributed by atoms with Crippen LogP contribution in [0.2, 0.25) is 0 Å². The number of nitriles is 1. The van der Waals surface area contributed by atoms with E-state index >= 15 is 0 Å². The van der Waals surface area contributed by atoms with E-state index in [0.29, 0.717) is 18.1 Å². The Morgan fingerprint density at radius 2 is 2.20 bits per heavy atom. The van der Waals surface area contributed by atoms with Crippen molar-refractivity contribution in [2.24, 2.45) is 5.92 Å². The van der Waals surface area contributed by atoms with Gasteiger partial charge in [-0.15, -0.1) is 0 Å². The second kappa shape index (κ2) is 4.81. The van der Waals surface area contributed by atoms with Crippen LogP contribution < -0.4 is 4.74 Å². The summed E-state index contributed by atoms with van der Waals surface area (Å²) in [4.78, 5) is 0. The number of nitrogens with zero attached hydrogens (tertiary/aromatic N) is 1. The zero-order valence-corrected chi connectivity index (χ0v) is 8.48. The average Bonchev–Trinajstić information content (AvgIpc) is 2.80. The zero-order valence-electron chi connectivity index (χ0n) is 8.48. The maximum atomic E-state index is 8.62. The van der Waals surface area contributed by atoms with E-state index in [1.54, 1.807) is 12.1 Å². The lowest BCUT2D eigenvalue weighted by atomic mass is 10.1. The van der Waals surface area contributed by atoms with Crippen LogP contribution in [0.15, 0.2) is 24.3 Å². The van der Waals surface area contributed by atoms with E-state index in [2.05, 4.69) is 6.07 Å². The first kappa shape index (κ1) is 10.0. The van der Waals surface area contributed by atoms with Gasteiger partial charge in [0.15, 0.2) is 0 Å². The molecule has 1 aromatic rings. The Hall–Kier alpha value is -1.53. The monoisotopic (exact) mass is 203 g/mol. The van der Waals surface area contributed by atoms with E-state index in [9.17, 15) is 0 Å². The first-order valence-electron chi connectivity index (χ1n) is 5.09. The number of benzene rings is 1. The molecule has 1 atom stereocenters. The molecule has 0 bridgehead atoms. The summed E-state index contributed by atoms with van der Waals surface area (Å²) < 4.78 is 10.9. The van der Waals surface area contributed by atoms with Crippen molar-refractivity contribution in [1.82, 2.24) is 0 Å². The summed E-state index contributed by atoms with van der Waals surface area (Å²) in [5.41, 5.74) is 0.659. The first-order chi connectivity index (χ1) is 7.38. The van der Waals surface area contributed by atoms with Crippen molar-refractivity contribution < 1.29 is 9.47 Å². The van der Waals surface area contributed by atoms with Crippen molar-refractivity contribution in [2.45, 2.75) is 6.42 Å².